The number of aromatic nitrogens is 1. The molecule has 3 N–H and O–H groups in total. The summed E-state index contributed by atoms with van der Waals surface area (Å²) < 4.78 is 17.6. The molecule has 0 spiro atoms. The number of carbonyl (C=O) groups excluding carboxylic acids is 1. The van der Waals surface area contributed by atoms with Gasteiger partial charge in [0.05, 0.1) is 12.7 Å². The third kappa shape index (κ3) is 2.98. The van der Waals surface area contributed by atoms with Gasteiger partial charge in [0.2, 0.25) is 5.88 Å². The van der Waals surface area contributed by atoms with Crippen LogP contribution in [0.2, 0.25) is 0 Å². The van der Waals surface area contributed by atoms with E-state index >= 15 is 0 Å². The monoisotopic (exact) mass is 261 g/mol. The van der Waals surface area contributed by atoms with Crippen molar-refractivity contribution in [2.75, 3.05) is 18.2 Å². The Labute approximate surface area is 109 Å². The van der Waals surface area contributed by atoms with Crippen molar-refractivity contribution in [1.29, 1.82) is 0 Å². The maximum Gasteiger partial charge on any atom is 0.259 e. The van der Waals surface area contributed by atoms with E-state index in [1.165, 1.54) is 43.5 Å². The first kappa shape index (κ1) is 12.8. The molecule has 0 radical (unpaired) electrons. The molecular weight excluding hydrogens is 249 g/mol. The molecule has 0 aliphatic carbocycles. The lowest BCUT2D eigenvalue weighted by atomic mass is 10.2. The van der Waals surface area contributed by atoms with Crippen LogP contribution < -0.4 is 15.8 Å². The summed E-state index contributed by atoms with van der Waals surface area (Å²) in [6.07, 6.45) is 0. The first-order valence-electron chi connectivity index (χ1n) is 5.47. The number of methoxy groups -OCH3 is 1. The normalized spacial score (nSPS) is 10.0. The molecule has 0 saturated heterocycles. The number of carbonyl (C=O) groups is 1. The molecule has 0 unspecified atom stereocenters. The van der Waals surface area contributed by atoms with E-state index in [0.29, 0.717) is 11.6 Å². The number of nitrogen functional groups attached to an aromatic ring is 1. The highest BCUT2D eigenvalue weighted by atomic mass is 19.1. The third-order valence-corrected chi connectivity index (χ3v) is 2.46. The molecule has 6 heteroatoms. The zero-order valence-electron chi connectivity index (χ0n) is 10.2. The van der Waals surface area contributed by atoms with Gasteiger partial charge in [-0.3, -0.25) is 4.79 Å². The number of nitrogens with two attached hydrogens (primary N) is 1. The maximum absolute atomic E-state index is 12.7. The van der Waals surface area contributed by atoms with Crippen molar-refractivity contribution >= 4 is 17.4 Å². The average molecular weight is 261 g/mol. The third-order valence-electron chi connectivity index (χ3n) is 2.46. The van der Waals surface area contributed by atoms with Gasteiger partial charge in [0.15, 0.2) is 0 Å². The second-order valence-corrected chi connectivity index (χ2v) is 3.75. The van der Waals surface area contributed by atoms with E-state index in [0.717, 1.165) is 0 Å². The van der Waals surface area contributed by atoms with Crippen LogP contribution in [0, 0.1) is 5.82 Å². The van der Waals surface area contributed by atoms with Crippen LogP contribution in [0.1, 0.15) is 10.4 Å². The van der Waals surface area contributed by atoms with Crippen molar-refractivity contribution in [3.05, 3.63) is 47.8 Å². The number of anilines is 2. The molecule has 1 aromatic heterocycles. The zero-order chi connectivity index (χ0) is 13.8. The van der Waals surface area contributed by atoms with E-state index < -0.39 is 5.91 Å². The maximum atomic E-state index is 12.7. The molecule has 0 bridgehead atoms. The number of nitrogens with one attached hydrogen (secondary N) is 1. The van der Waals surface area contributed by atoms with Gasteiger partial charge in [0, 0.05) is 11.8 Å². The van der Waals surface area contributed by atoms with Gasteiger partial charge in [0.25, 0.3) is 5.91 Å². The quantitative estimate of drug-likeness (QED) is 0.886. The minimum absolute atomic E-state index is 0.0685. The van der Waals surface area contributed by atoms with Crippen LogP contribution in [0.5, 0.6) is 5.88 Å². The molecule has 2 aromatic rings. The van der Waals surface area contributed by atoms with Crippen molar-refractivity contribution in [2.45, 2.75) is 0 Å². The Hall–Kier alpha value is -2.63. The molecule has 98 valence electrons. The van der Waals surface area contributed by atoms with Crippen LogP contribution in [-0.4, -0.2) is 18.0 Å². The number of rotatable bonds is 3. The summed E-state index contributed by atoms with van der Waals surface area (Å²) in [5.41, 5.74) is 6.36. The molecule has 1 aromatic carbocycles. The Bertz CT molecular complexity index is 599. The first-order chi connectivity index (χ1) is 9.10. The lowest BCUT2D eigenvalue weighted by molar-refractivity contribution is 0.102. The van der Waals surface area contributed by atoms with Crippen molar-refractivity contribution in [3.63, 3.8) is 0 Å². The van der Waals surface area contributed by atoms with E-state index in [1.807, 2.05) is 0 Å². The summed E-state index contributed by atoms with van der Waals surface area (Å²) in [5, 5.41) is 2.60. The highest BCUT2D eigenvalue weighted by Crippen LogP contribution is 2.17. The van der Waals surface area contributed by atoms with E-state index in [-0.39, 0.29) is 17.2 Å². The van der Waals surface area contributed by atoms with Crippen LogP contribution in [0.25, 0.3) is 0 Å². The molecule has 0 aliphatic heterocycles. The Kier molecular flexibility index (Phi) is 3.61. The van der Waals surface area contributed by atoms with E-state index in [9.17, 15) is 9.18 Å². The molecule has 5 nitrogen and oxygen atoms in total. The summed E-state index contributed by atoms with van der Waals surface area (Å²) in [6, 6.07) is 8.48. The molecule has 0 aliphatic rings. The lowest BCUT2D eigenvalue weighted by Crippen LogP contribution is -2.15. The summed E-state index contributed by atoms with van der Waals surface area (Å²) in [6.45, 7) is 0. The van der Waals surface area contributed by atoms with Gasteiger partial charge in [-0.05, 0) is 30.3 Å². The molecule has 0 fully saturated rings. The Morgan fingerprint density at radius 1 is 1.26 bits per heavy atom. The van der Waals surface area contributed by atoms with Crippen molar-refractivity contribution < 1.29 is 13.9 Å². The number of hydrogen-bond donors (Lipinski definition) is 2. The minimum atomic E-state index is -0.417. The zero-order valence-corrected chi connectivity index (χ0v) is 10.2. The topological polar surface area (TPSA) is 77.2 Å². The predicted octanol–water partition coefficient (Wildman–Crippen LogP) is 2.06. The molecule has 19 heavy (non-hydrogen) atoms. The minimum Gasteiger partial charge on any atom is -0.481 e. The van der Waals surface area contributed by atoms with Gasteiger partial charge in [-0.25, -0.2) is 4.39 Å². The number of amides is 1. The number of pyridine rings is 1. The van der Waals surface area contributed by atoms with Gasteiger partial charge < -0.3 is 15.8 Å². The van der Waals surface area contributed by atoms with Crippen molar-refractivity contribution in [3.8, 4) is 5.88 Å². The number of hydrogen-bond acceptors (Lipinski definition) is 4. The van der Waals surface area contributed by atoms with Crippen LogP contribution in [-0.2, 0) is 0 Å². The van der Waals surface area contributed by atoms with Crippen LogP contribution in [0.3, 0.4) is 0 Å². The summed E-state index contributed by atoms with van der Waals surface area (Å²) in [5.74, 6) is -0.391. The van der Waals surface area contributed by atoms with Gasteiger partial charge in [-0.15, -0.1) is 0 Å². The summed E-state index contributed by atoms with van der Waals surface area (Å²) in [4.78, 5) is 15.9. The fraction of sp³-hybridized carbons (Fsp3) is 0.0769. The molecule has 0 saturated carbocycles. The van der Waals surface area contributed by atoms with E-state index in [4.69, 9.17) is 10.5 Å². The Balaban J connectivity index is 2.18. The van der Waals surface area contributed by atoms with Gasteiger partial charge in [-0.2, -0.15) is 4.98 Å². The molecule has 1 heterocycles. The molecule has 0 atom stereocenters. The lowest BCUT2D eigenvalue weighted by Gasteiger charge is -2.08. The van der Waals surface area contributed by atoms with Gasteiger partial charge >= 0.3 is 0 Å². The molecular formula is C13H12FN3O2. The number of halogens is 1. The average Bonchev–Trinajstić information content (AvgIpc) is 2.41. The van der Waals surface area contributed by atoms with Crippen LogP contribution in [0.15, 0.2) is 36.4 Å². The summed E-state index contributed by atoms with van der Waals surface area (Å²) in [7, 11) is 1.46. The van der Waals surface area contributed by atoms with Crippen LogP contribution in [0.4, 0.5) is 15.9 Å². The second kappa shape index (κ2) is 5.34. The van der Waals surface area contributed by atoms with Crippen LogP contribution >= 0.6 is 0 Å². The van der Waals surface area contributed by atoms with Crippen molar-refractivity contribution in [1.82, 2.24) is 4.98 Å². The number of nitrogens with zero attached hydrogens (tertiary/aromatic N) is 1. The number of benzene rings is 1. The smallest absolute Gasteiger partial charge is 0.259 e. The summed E-state index contributed by atoms with van der Waals surface area (Å²) >= 11 is 0. The second-order valence-electron chi connectivity index (χ2n) is 3.75. The number of ether oxygens (including phenoxy) is 1. The predicted molar refractivity (Wildman–Crippen MR) is 69.6 cm³/mol. The van der Waals surface area contributed by atoms with E-state index in [1.54, 1.807) is 0 Å². The highest BCUT2D eigenvalue weighted by molar-refractivity contribution is 6.07. The molecule has 1 amide bonds. The van der Waals surface area contributed by atoms with E-state index in [2.05, 4.69) is 10.3 Å². The fourth-order valence-electron chi connectivity index (χ4n) is 1.49. The standard InChI is InChI=1S/C13H12FN3O2/c1-19-11-7-6-10(12(15)17-11)13(18)16-9-4-2-8(14)3-5-9/h2-7H,1H3,(H2,15,17)(H,16,18). The fourth-order valence-corrected chi connectivity index (χ4v) is 1.49. The van der Waals surface area contributed by atoms with Gasteiger partial charge in [0.1, 0.15) is 11.6 Å². The Morgan fingerprint density at radius 2 is 1.95 bits per heavy atom. The first-order valence-corrected chi connectivity index (χ1v) is 5.47. The largest absolute Gasteiger partial charge is 0.481 e. The van der Waals surface area contributed by atoms with Gasteiger partial charge in [-0.1, -0.05) is 0 Å². The van der Waals surface area contributed by atoms with Crippen molar-refractivity contribution in [2.24, 2.45) is 0 Å². The Morgan fingerprint density at radius 3 is 2.53 bits per heavy atom. The highest BCUT2D eigenvalue weighted by Gasteiger charge is 2.12. The molecule has 2 rings (SSSR count). The SMILES string of the molecule is COc1ccc(C(=O)Nc2ccc(F)cc2)c(N)n1.